The molecule has 1 aliphatic heterocycles. The molecule has 7 heteroatoms. The third-order valence-corrected chi connectivity index (χ3v) is 5.56. The highest BCUT2D eigenvalue weighted by molar-refractivity contribution is 5.79. The number of hydrogen-bond acceptors (Lipinski definition) is 4. The van der Waals surface area contributed by atoms with Gasteiger partial charge in [0.05, 0.1) is 17.1 Å². The molecule has 0 aliphatic carbocycles. The fraction of sp³-hybridized carbons (Fsp3) is 0.381. The predicted molar refractivity (Wildman–Crippen MR) is 105 cm³/mol. The second-order valence-corrected chi connectivity index (χ2v) is 7.56. The van der Waals surface area contributed by atoms with Crippen LogP contribution in [0, 0.1) is 5.82 Å². The molecule has 0 spiro atoms. The van der Waals surface area contributed by atoms with E-state index in [-0.39, 0.29) is 23.5 Å². The molecule has 148 valence electrons. The number of aryl methyl sites for hydroxylation is 2. The maximum Gasteiger partial charge on any atom is 0.326 e. The molecular weight excluding hydrogens is 361 g/mol. The van der Waals surface area contributed by atoms with Crippen molar-refractivity contribution in [3.05, 3.63) is 63.8 Å². The highest BCUT2D eigenvalue weighted by Gasteiger charge is 2.29. The lowest BCUT2D eigenvalue weighted by Gasteiger charge is -2.26. The summed E-state index contributed by atoms with van der Waals surface area (Å²) in [6, 6.07) is 9.88. The van der Waals surface area contributed by atoms with E-state index in [1.807, 2.05) is 25.1 Å². The van der Waals surface area contributed by atoms with E-state index in [0.717, 1.165) is 28.6 Å². The van der Waals surface area contributed by atoms with Gasteiger partial charge in [0.25, 0.3) is 0 Å². The van der Waals surface area contributed by atoms with Crippen LogP contribution in [0.1, 0.15) is 37.0 Å². The number of aliphatic hydroxyl groups excluding tert-OH is 1. The van der Waals surface area contributed by atoms with Crippen molar-refractivity contribution in [2.75, 3.05) is 0 Å². The lowest BCUT2D eigenvalue weighted by Crippen LogP contribution is -2.41. The molecule has 3 aromatic rings. The number of rotatable bonds is 5. The first-order chi connectivity index (χ1) is 13.4. The highest BCUT2D eigenvalue weighted by Crippen LogP contribution is 2.30. The van der Waals surface area contributed by atoms with Gasteiger partial charge in [-0.3, -0.25) is 4.57 Å². The van der Waals surface area contributed by atoms with E-state index < -0.39 is 11.9 Å². The Kier molecular flexibility index (Phi) is 4.95. The fourth-order valence-corrected chi connectivity index (χ4v) is 4.05. The van der Waals surface area contributed by atoms with Crippen LogP contribution >= 0.6 is 0 Å². The number of aromatic nitrogens is 2. The minimum atomic E-state index is -0.721. The van der Waals surface area contributed by atoms with E-state index in [1.165, 1.54) is 12.1 Å². The quantitative estimate of drug-likeness (QED) is 0.543. The summed E-state index contributed by atoms with van der Waals surface area (Å²) in [6.07, 6.45) is 1.32. The lowest BCUT2D eigenvalue weighted by molar-refractivity contribution is 0.119. The monoisotopic (exact) mass is 385 g/mol. The summed E-state index contributed by atoms with van der Waals surface area (Å²) in [5, 5.41) is 23.7. The number of H-pyrrole nitrogens is 1. The molecular formula is C21H24FN3O3. The van der Waals surface area contributed by atoms with Gasteiger partial charge in [0.2, 0.25) is 0 Å². The summed E-state index contributed by atoms with van der Waals surface area (Å²) in [6.45, 7) is 2.56. The van der Waals surface area contributed by atoms with Gasteiger partial charge in [-0.25, -0.2) is 9.18 Å². The molecule has 3 unspecified atom stereocenters. The first-order valence-electron chi connectivity index (χ1n) is 9.57. The Morgan fingerprint density at radius 1 is 1.36 bits per heavy atom. The Labute approximate surface area is 161 Å². The molecule has 1 aromatic heterocycles. The van der Waals surface area contributed by atoms with E-state index in [4.69, 9.17) is 0 Å². The van der Waals surface area contributed by atoms with Gasteiger partial charge in [-0.05, 0) is 49.9 Å². The van der Waals surface area contributed by atoms with Gasteiger partial charge in [-0.15, -0.1) is 0 Å². The number of nitrogens with zero attached hydrogens (tertiary/aromatic N) is 1. The van der Waals surface area contributed by atoms with Crippen molar-refractivity contribution >= 4 is 11.0 Å². The predicted octanol–water partition coefficient (Wildman–Crippen LogP) is 2.59. The molecule has 2 heterocycles. The maximum absolute atomic E-state index is 13.5. The van der Waals surface area contributed by atoms with Crippen LogP contribution in [0.2, 0.25) is 0 Å². The van der Waals surface area contributed by atoms with Gasteiger partial charge in [0.15, 0.2) is 11.6 Å². The molecule has 3 atom stereocenters. The van der Waals surface area contributed by atoms with Gasteiger partial charge in [-0.2, -0.15) is 0 Å². The zero-order chi connectivity index (χ0) is 19.8. The van der Waals surface area contributed by atoms with Crippen LogP contribution in [0.5, 0.6) is 5.75 Å². The van der Waals surface area contributed by atoms with Crippen molar-refractivity contribution in [3.63, 3.8) is 0 Å². The Hall–Kier alpha value is -2.64. The maximum atomic E-state index is 13.5. The molecule has 28 heavy (non-hydrogen) atoms. The molecule has 4 rings (SSSR count). The van der Waals surface area contributed by atoms with Crippen LogP contribution in [0.15, 0.2) is 41.2 Å². The number of imidazole rings is 1. The largest absolute Gasteiger partial charge is 0.505 e. The van der Waals surface area contributed by atoms with E-state index in [2.05, 4.69) is 10.3 Å². The SMILES string of the molecule is CC(CCc1ccc(O)c(F)c1)NC1CCn2c(=O)[nH]c3cccc(c32)C1O. The second kappa shape index (κ2) is 7.41. The standard InChI is InChI=1S/C21H24FN3O3/c1-12(5-6-13-7-8-18(26)15(22)11-13)23-17-9-10-25-19-14(20(17)27)3-2-4-16(19)24-21(25)28/h2-4,7-8,11-12,17,20,23,26-27H,5-6,9-10H2,1H3,(H,24,28). The van der Waals surface area contributed by atoms with Crippen LogP contribution in [0.4, 0.5) is 4.39 Å². The summed E-state index contributed by atoms with van der Waals surface area (Å²) in [5.74, 6) is -0.956. The molecule has 0 bridgehead atoms. The summed E-state index contributed by atoms with van der Waals surface area (Å²) in [7, 11) is 0. The number of phenols is 1. The number of nitrogens with one attached hydrogen (secondary N) is 2. The van der Waals surface area contributed by atoms with Crippen molar-refractivity contribution in [2.45, 2.75) is 50.9 Å². The van der Waals surface area contributed by atoms with Crippen molar-refractivity contribution < 1.29 is 14.6 Å². The average molecular weight is 385 g/mol. The fourth-order valence-electron chi connectivity index (χ4n) is 4.05. The van der Waals surface area contributed by atoms with Crippen molar-refractivity contribution in [2.24, 2.45) is 0 Å². The molecule has 6 nitrogen and oxygen atoms in total. The number of aromatic amines is 1. The third-order valence-electron chi connectivity index (χ3n) is 5.56. The Morgan fingerprint density at radius 3 is 2.96 bits per heavy atom. The summed E-state index contributed by atoms with van der Waals surface area (Å²) < 4.78 is 15.2. The molecule has 4 N–H and O–H groups in total. The first-order valence-corrected chi connectivity index (χ1v) is 9.57. The van der Waals surface area contributed by atoms with Gasteiger partial charge in [0, 0.05) is 24.2 Å². The van der Waals surface area contributed by atoms with Gasteiger partial charge in [0.1, 0.15) is 0 Å². The number of halogens is 1. The third kappa shape index (κ3) is 3.43. The van der Waals surface area contributed by atoms with Crippen molar-refractivity contribution in [3.8, 4) is 5.75 Å². The van der Waals surface area contributed by atoms with Gasteiger partial charge >= 0.3 is 5.69 Å². The zero-order valence-corrected chi connectivity index (χ0v) is 15.7. The Bertz CT molecular complexity index is 1060. The summed E-state index contributed by atoms with van der Waals surface area (Å²) >= 11 is 0. The highest BCUT2D eigenvalue weighted by atomic mass is 19.1. The molecule has 0 amide bonds. The molecule has 1 aliphatic rings. The van der Waals surface area contributed by atoms with Gasteiger partial charge < -0.3 is 20.5 Å². The average Bonchev–Trinajstić information content (AvgIpc) is 2.92. The number of aromatic hydroxyl groups is 1. The smallest absolute Gasteiger partial charge is 0.326 e. The van der Waals surface area contributed by atoms with Crippen LogP contribution in [0.3, 0.4) is 0 Å². The van der Waals surface area contributed by atoms with E-state index >= 15 is 0 Å². The minimum Gasteiger partial charge on any atom is -0.505 e. The van der Waals surface area contributed by atoms with E-state index in [0.29, 0.717) is 19.4 Å². The summed E-state index contributed by atoms with van der Waals surface area (Å²) in [5.41, 5.74) is 2.93. The molecule has 0 saturated heterocycles. The number of phenolic OH excluding ortho intramolecular Hbond substituents is 1. The first kappa shape index (κ1) is 18.7. The van der Waals surface area contributed by atoms with Crippen molar-refractivity contribution in [1.29, 1.82) is 0 Å². The molecule has 0 saturated carbocycles. The van der Waals surface area contributed by atoms with Crippen LogP contribution in [0.25, 0.3) is 11.0 Å². The number of aliphatic hydroxyl groups is 1. The number of benzene rings is 2. The number of para-hydroxylation sites is 1. The topological polar surface area (TPSA) is 90.3 Å². The lowest BCUT2D eigenvalue weighted by atomic mass is 9.98. The van der Waals surface area contributed by atoms with Gasteiger partial charge in [-0.1, -0.05) is 18.2 Å². The Balaban J connectivity index is 1.46. The van der Waals surface area contributed by atoms with Crippen molar-refractivity contribution in [1.82, 2.24) is 14.9 Å². The minimum absolute atomic E-state index is 0.0893. The number of hydrogen-bond donors (Lipinski definition) is 4. The van der Waals surface area contributed by atoms with Crippen LogP contribution in [-0.2, 0) is 13.0 Å². The second-order valence-electron chi connectivity index (χ2n) is 7.56. The molecule has 0 radical (unpaired) electrons. The Morgan fingerprint density at radius 2 is 2.18 bits per heavy atom. The summed E-state index contributed by atoms with van der Waals surface area (Å²) in [4.78, 5) is 15.0. The van der Waals surface area contributed by atoms with Crippen LogP contribution < -0.4 is 11.0 Å². The van der Waals surface area contributed by atoms with Crippen LogP contribution in [-0.4, -0.2) is 31.8 Å². The molecule has 0 fully saturated rings. The normalized spacial score (nSPS) is 20.2. The molecule has 2 aromatic carbocycles. The van der Waals surface area contributed by atoms with E-state index in [9.17, 15) is 19.4 Å². The zero-order valence-electron chi connectivity index (χ0n) is 15.7. The van der Waals surface area contributed by atoms with E-state index in [1.54, 1.807) is 10.6 Å².